The van der Waals surface area contributed by atoms with Gasteiger partial charge in [0, 0.05) is 19.2 Å². The molecular formula is C11H22N2O2. The van der Waals surface area contributed by atoms with Crippen LogP contribution in [0.2, 0.25) is 0 Å². The van der Waals surface area contributed by atoms with Crippen LogP contribution in [0.15, 0.2) is 0 Å². The Hall–Kier alpha value is -0.610. The summed E-state index contributed by atoms with van der Waals surface area (Å²) in [6.45, 7) is 6.92. The maximum Gasteiger partial charge on any atom is 0.233 e. The number of nitrogens with one attached hydrogen (secondary N) is 2. The van der Waals surface area contributed by atoms with Crippen LogP contribution in [0, 0.1) is 5.92 Å². The van der Waals surface area contributed by atoms with Crippen molar-refractivity contribution >= 4 is 5.91 Å². The van der Waals surface area contributed by atoms with Gasteiger partial charge in [-0.3, -0.25) is 4.79 Å². The van der Waals surface area contributed by atoms with Crippen LogP contribution >= 0.6 is 0 Å². The number of hydrogen-bond donors (Lipinski definition) is 2. The molecule has 0 aromatic carbocycles. The molecule has 1 heterocycles. The zero-order chi connectivity index (χ0) is 11.1. The predicted molar refractivity (Wildman–Crippen MR) is 59.7 cm³/mol. The van der Waals surface area contributed by atoms with Crippen molar-refractivity contribution in [1.82, 2.24) is 10.6 Å². The molecule has 1 aliphatic heterocycles. The van der Waals surface area contributed by atoms with Gasteiger partial charge < -0.3 is 15.4 Å². The van der Waals surface area contributed by atoms with E-state index in [0.29, 0.717) is 18.5 Å². The zero-order valence-electron chi connectivity index (χ0n) is 9.71. The number of rotatable bonds is 5. The minimum absolute atomic E-state index is 0.0780. The van der Waals surface area contributed by atoms with Crippen molar-refractivity contribution in [3.8, 4) is 0 Å². The van der Waals surface area contributed by atoms with E-state index in [-0.39, 0.29) is 5.91 Å². The molecule has 1 aliphatic rings. The van der Waals surface area contributed by atoms with Gasteiger partial charge in [0.25, 0.3) is 0 Å². The Kier molecular flexibility index (Phi) is 5.65. The average Bonchev–Trinajstić information content (AvgIpc) is 2.25. The minimum atomic E-state index is 0.0780. The largest absolute Gasteiger partial charge is 0.380 e. The summed E-state index contributed by atoms with van der Waals surface area (Å²) in [4.78, 5) is 11.4. The molecule has 0 bridgehead atoms. The van der Waals surface area contributed by atoms with E-state index in [9.17, 15) is 4.79 Å². The number of carbonyl (C=O) groups is 1. The fourth-order valence-corrected chi connectivity index (χ4v) is 1.52. The fraction of sp³-hybridized carbons (Fsp3) is 0.909. The molecule has 88 valence electrons. The number of ether oxygens (including phenoxy) is 1. The molecule has 0 spiro atoms. The van der Waals surface area contributed by atoms with Crippen LogP contribution in [0.3, 0.4) is 0 Å². The molecule has 0 aromatic rings. The van der Waals surface area contributed by atoms with E-state index in [0.717, 1.165) is 32.6 Å². The average molecular weight is 214 g/mol. The Labute approximate surface area is 91.8 Å². The van der Waals surface area contributed by atoms with Gasteiger partial charge >= 0.3 is 0 Å². The van der Waals surface area contributed by atoms with Crippen molar-refractivity contribution in [1.29, 1.82) is 0 Å². The van der Waals surface area contributed by atoms with Gasteiger partial charge in [-0.1, -0.05) is 13.8 Å². The lowest BCUT2D eigenvalue weighted by Gasteiger charge is -2.23. The van der Waals surface area contributed by atoms with Crippen molar-refractivity contribution < 1.29 is 9.53 Å². The summed E-state index contributed by atoms with van der Waals surface area (Å²) in [6, 6.07) is 0.351. The topological polar surface area (TPSA) is 50.4 Å². The van der Waals surface area contributed by atoms with Crippen molar-refractivity contribution in [3.05, 3.63) is 0 Å². The van der Waals surface area contributed by atoms with E-state index in [1.165, 1.54) is 0 Å². The molecule has 4 nitrogen and oxygen atoms in total. The number of hydrogen-bond acceptors (Lipinski definition) is 3. The van der Waals surface area contributed by atoms with Crippen molar-refractivity contribution in [2.75, 3.05) is 26.3 Å². The van der Waals surface area contributed by atoms with Gasteiger partial charge in [0.1, 0.15) is 0 Å². The molecular weight excluding hydrogens is 192 g/mol. The van der Waals surface area contributed by atoms with E-state index in [2.05, 4.69) is 24.5 Å². The summed E-state index contributed by atoms with van der Waals surface area (Å²) < 4.78 is 5.32. The molecule has 1 amide bonds. The van der Waals surface area contributed by atoms with E-state index in [4.69, 9.17) is 4.74 Å². The summed E-state index contributed by atoms with van der Waals surface area (Å²) in [7, 11) is 0. The second-order valence-corrected chi connectivity index (χ2v) is 4.49. The normalized spacial score (nSPS) is 21.7. The van der Waals surface area contributed by atoms with Crippen molar-refractivity contribution in [3.63, 3.8) is 0 Å². The first-order valence-electron chi connectivity index (χ1n) is 5.76. The summed E-state index contributed by atoms with van der Waals surface area (Å²) in [6.07, 6.45) is 2.20. The summed E-state index contributed by atoms with van der Waals surface area (Å²) >= 11 is 0. The van der Waals surface area contributed by atoms with Crippen LogP contribution in [0.1, 0.15) is 26.7 Å². The molecule has 1 unspecified atom stereocenters. The first kappa shape index (κ1) is 12.5. The van der Waals surface area contributed by atoms with Gasteiger partial charge in [0.05, 0.1) is 13.2 Å². The molecule has 1 atom stereocenters. The maximum atomic E-state index is 11.4. The SMILES string of the molecule is CC(C)CNC(=O)CNC1CCCOC1. The van der Waals surface area contributed by atoms with Crippen LogP contribution in [-0.2, 0) is 9.53 Å². The Morgan fingerprint density at radius 3 is 2.93 bits per heavy atom. The summed E-state index contributed by atoms with van der Waals surface area (Å²) in [5.41, 5.74) is 0. The molecule has 1 rings (SSSR count). The molecule has 4 heteroatoms. The van der Waals surface area contributed by atoms with E-state index in [1.54, 1.807) is 0 Å². The minimum Gasteiger partial charge on any atom is -0.380 e. The first-order chi connectivity index (χ1) is 7.18. The standard InChI is InChI=1S/C11H22N2O2/c1-9(2)6-13-11(14)7-12-10-4-3-5-15-8-10/h9-10,12H,3-8H2,1-2H3,(H,13,14). The highest BCUT2D eigenvalue weighted by molar-refractivity contribution is 5.77. The van der Waals surface area contributed by atoms with Crippen molar-refractivity contribution in [2.24, 2.45) is 5.92 Å². The van der Waals surface area contributed by atoms with Gasteiger partial charge in [-0.25, -0.2) is 0 Å². The van der Waals surface area contributed by atoms with Gasteiger partial charge in [-0.05, 0) is 18.8 Å². The summed E-state index contributed by atoms with van der Waals surface area (Å²) in [5.74, 6) is 0.584. The third-order valence-electron chi connectivity index (χ3n) is 2.42. The second kappa shape index (κ2) is 6.80. The molecule has 1 fully saturated rings. The van der Waals surface area contributed by atoms with Crippen LogP contribution in [0.4, 0.5) is 0 Å². The Balaban J connectivity index is 2.05. The first-order valence-corrected chi connectivity index (χ1v) is 5.76. The van der Waals surface area contributed by atoms with Crippen LogP contribution in [-0.4, -0.2) is 38.3 Å². The van der Waals surface area contributed by atoms with Gasteiger partial charge in [0.2, 0.25) is 5.91 Å². The highest BCUT2D eigenvalue weighted by Gasteiger charge is 2.14. The van der Waals surface area contributed by atoms with Gasteiger partial charge in [0.15, 0.2) is 0 Å². The maximum absolute atomic E-state index is 11.4. The smallest absolute Gasteiger partial charge is 0.233 e. The lowest BCUT2D eigenvalue weighted by molar-refractivity contribution is -0.120. The Morgan fingerprint density at radius 2 is 2.33 bits per heavy atom. The molecule has 2 N–H and O–H groups in total. The molecule has 0 radical (unpaired) electrons. The number of carbonyl (C=O) groups excluding carboxylic acids is 1. The molecule has 0 aromatic heterocycles. The molecule has 1 saturated heterocycles. The lowest BCUT2D eigenvalue weighted by atomic mass is 10.1. The third kappa shape index (κ3) is 5.74. The molecule has 0 aliphatic carbocycles. The summed E-state index contributed by atoms with van der Waals surface area (Å²) in [5, 5.41) is 6.09. The number of amides is 1. The third-order valence-corrected chi connectivity index (χ3v) is 2.42. The van der Waals surface area contributed by atoms with E-state index in [1.807, 2.05) is 0 Å². The highest BCUT2D eigenvalue weighted by atomic mass is 16.5. The van der Waals surface area contributed by atoms with Gasteiger partial charge in [-0.15, -0.1) is 0 Å². The van der Waals surface area contributed by atoms with Crippen LogP contribution in [0.25, 0.3) is 0 Å². The second-order valence-electron chi connectivity index (χ2n) is 4.49. The monoisotopic (exact) mass is 214 g/mol. The fourth-order valence-electron chi connectivity index (χ4n) is 1.52. The highest BCUT2D eigenvalue weighted by Crippen LogP contribution is 2.04. The molecule has 0 saturated carbocycles. The van der Waals surface area contributed by atoms with Gasteiger partial charge in [-0.2, -0.15) is 0 Å². The Morgan fingerprint density at radius 1 is 1.53 bits per heavy atom. The predicted octanol–water partition coefficient (Wildman–Crippen LogP) is 0.527. The molecule has 15 heavy (non-hydrogen) atoms. The van der Waals surface area contributed by atoms with E-state index < -0.39 is 0 Å². The van der Waals surface area contributed by atoms with Crippen LogP contribution in [0.5, 0.6) is 0 Å². The quantitative estimate of drug-likeness (QED) is 0.702. The zero-order valence-corrected chi connectivity index (χ0v) is 9.71. The lowest BCUT2D eigenvalue weighted by Crippen LogP contribution is -2.43. The van der Waals surface area contributed by atoms with E-state index >= 15 is 0 Å². The van der Waals surface area contributed by atoms with Crippen LogP contribution < -0.4 is 10.6 Å². The Bertz CT molecular complexity index is 189. The van der Waals surface area contributed by atoms with Crippen molar-refractivity contribution in [2.45, 2.75) is 32.7 Å².